The summed E-state index contributed by atoms with van der Waals surface area (Å²) in [6.45, 7) is 3.24. The summed E-state index contributed by atoms with van der Waals surface area (Å²) < 4.78 is 12.0. The summed E-state index contributed by atoms with van der Waals surface area (Å²) in [6.07, 6.45) is 1.89. The summed E-state index contributed by atoms with van der Waals surface area (Å²) in [5, 5.41) is 1.03. The smallest absolute Gasteiger partial charge is 0.153 e. The Labute approximate surface area is 120 Å². The Hall–Kier alpha value is -1.33. The third-order valence-electron chi connectivity index (χ3n) is 3.32. The number of benzene rings is 1. The number of methoxy groups -OCH3 is 1. The maximum Gasteiger partial charge on any atom is 0.153 e. The number of morpholine rings is 1. The molecule has 2 aromatic rings. The molecule has 1 aliphatic heterocycles. The van der Waals surface area contributed by atoms with Crippen molar-refractivity contribution in [2.45, 2.75) is 0 Å². The summed E-state index contributed by atoms with van der Waals surface area (Å²) in [5.74, 6) is 0.883. The second kappa shape index (κ2) is 5.35. The Morgan fingerprint density at radius 3 is 2.84 bits per heavy atom. The molecule has 1 aliphatic rings. The molecule has 0 saturated carbocycles. The van der Waals surface area contributed by atoms with Crippen LogP contribution in [0.15, 0.2) is 28.9 Å². The molecule has 4 nitrogen and oxygen atoms in total. The summed E-state index contributed by atoms with van der Waals surface area (Å²) in [4.78, 5) is 6.78. The predicted molar refractivity (Wildman–Crippen MR) is 79.0 cm³/mol. The van der Waals surface area contributed by atoms with Gasteiger partial charge >= 0.3 is 0 Å². The van der Waals surface area contributed by atoms with E-state index >= 15 is 0 Å². The molecule has 100 valence electrons. The minimum absolute atomic E-state index is 0.750. The van der Waals surface area contributed by atoms with Crippen LogP contribution in [0.4, 0.5) is 5.69 Å². The van der Waals surface area contributed by atoms with Gasteiger partial charge in [-0.1, -0.05) is 15.9 Å². The van der Waals surface area contributed by atoms with Crippen molar-refractivity contribution in [3.63, 3.8) is 0 Å². The predicted octanol–water partition coefficient (Wildman–Crippen LogP) is 2.84. The van der Waals surface area contributed by atoms with Crippen LogP contribution in [0.3, 0.4) is 0 Å². The number of rotatable bonds is 2. The maximum atomic E-state index is 5.62. The molecule has 0 amide bonds. The van der Waals surface area contributed by atoms with E-state index < -0.39 is 0 Å². The van der Waals surface area contributed by atoms with Gasteiger partial charge in [0.1, 0.15) is 0 Å². The second-order valence-electron chi connectivity index (χ2n) is 4.44. The molecular weight excluding hydrogens is 308 g/mol. The molecule has 3 rings (SSSR count). The lowest BCUT2D eigenvalue weighted by Crippen LogP contribution is -2.36. The number of hydrogen-bond acceptors (Lipinski definition) is 4. The molecule has 0 radical (unpaired) electrons. The van der Waals surface area contributed by atoms with Gasteiger partial charge in [-0.15, -0.1) is 0 Å². The fraction of sp³-hybridized carbons (Fsp3) is 0.357. The lowest BCUT2D eigenvalue weighted by atomic mass is 10.1. The van der Waals surface area contributed by atoms with Crippen LogP contribution in [-0.2, 0) is 4.74 Å². The third-order valence-corrected chi connectivity index (χ3v) is 3.81. The van der Waals surface area contributed by atoms with E-state index in [0.717, 1.165) is 53.1 Å². The van der Waals surface area contributed by atoms with Crippen LogP contribution >= 0.6 is 15.9 Å². The number of hydrogen-bond donors (Lipinski definition) is 0. The monoisotopic (exact) mass is 322 g/mol. The molecule has 19 heavy (non-hydrogen) atoms. The van der Waals surface area contributed by atoms with Crippen molar-refractivity contribution in [2.75, 3.05) is 38.3 Å². The van der Waals surface area contributed by atoms with E-state index in [-0.39, 0.29) is 0 Å². The molecule has 1 fully saturated rings. The number of anilines is 1. The summed E-state index contributed by atoms with van der Waals surface area (Å²) >= 11 is 3.50. The van der Waals surface area contributed by atoms with Crippen LogP contribution in [0.2, 0.25) is 0 Å². The van der Waals surface area contributed by atoms with Gasteiger partial charge in [-0.3, -0.25) is 4.98 Å². The van der Waals surface area contributed by atoms with Gasteiger partial charge in [0.15, 0.2) is 5.75 Å². The number of fused-ring (bicyclic) bond motifs is 1. The fourth-order valence-electron chi connectivity index (χ4n) is 2.37. The molecule has 1 saturated heterocycles. The number of pyridine rings is 1. The molecule has 0 aliphatic carbocycles. The largest absolute Gasteiger partial charge is 0.494 e. The zero-order valence-electron chi connectivity index (χ0n) is 10.7. The zero-order chi connectivity index (χ0) is 13.2. The van der Waals surface area contributed by atoms with Crippen LogP contribution in [0.1, 0.15) is 0 Å². The highest BCUT2D eigenvalue weighted by Crippen LogP contribution is 2.36. The van der Waals surface area contributed by atoms with E-state index in [9.17, 15) is 0 Å². The van der Waals surface area contributed by atoms with Gasteiger partial charge in [-0.2, -0.15) is 0 Å². The van der Waals surface area contributed by atoms with Crippen LogP contribution in [0.25, 0.3) is 10.9 Å². The van der Waals surface area contributed by atoms with Gasteiger partial charge in [-0.25, -0.2) is 0 Å². The van der Waals surface area contributed by atoms with Crippen LogP contribution in [0, 0.1) is 0 Å². The quantitative estimate of drug-likeness (QED) is 0.851. The van der Waals surface area contributed by atoms with Crippen molar-refractivity contribution in [3.8, 4) is 5.75 Å². The Bertz CT molecular complexity index is 597. The highest BCUT2D eigenvalue weighted by atomic mass is 79.9. The highest BCUT2D eigenvalue weighted by Gasteiger charge is 2.18. The van der Waals surface area contributed by atoms with E-state index in [1.54, 1.807) is 7.11 Å². The topological polar surface area (TPSA) is 34.6 Å². The van der Waals surface area contributed by atoms with Crippen molar-refractivity contribution in [1.82, 2.24) is 4.98 Å². The van der Waals surface area contributed by atoms with Crippen molar-refractivity contribution in [1.29, 1.82) is 0 Å². The van der Waals surface area contributed by atoms with Gasteiger partial charge in [-0.05, 0) is 18.2 Å². The first-order chi connectivity index (χ1) is 9.29. The van der Waals surface area contributed by atoms with E-state index in [2.05, 4.69) is 25.8 Å². The van der Waals surface area contributed by atoms with Crippen LogP contribution in [0.5, 0.6) is 5.75 Å². The minimum atomic E-state index is 0.750. The second-order valence-corrected chi connectivity index (χ2v) is 5.35. The molecule has 0 N–H and O–H groups in total. The lowest BCUT2D eigenvalue weighted by Gasteiger charge is -2.30. The number of ether oxygens (including phenoxy) is 2. The van der Waals surface area contributed by atoms with Crippen molar-refractivity contribution < 1.29 is 9.47 Å². The number of aromatic nitrogens is 1. The maximum absolute atomic E-state index is 5.62. The molecule has 0 unspecified atom stereocenters. The van der Waals surface area contributed by atoms with Gasteiger partial charge in [0, 0.05) is 22.9 Å². The summed E-state index contributed by atoms with van der Waals surface area (Å²) in [5.41, 5.74) is 1.98. The molecule has 0 atom stereocenters. The van der Waals surface area contributed by atoms with E-state index in [1.807, 2.05) is 24.4 Å². The van der Waals surface area contributed by atoms with E-state index in [4.69, 9.17) is 9.47 Å². The number of halogens is 1. The first-order valence-corrected chi connectivity index (χ1v) is 7.04. The normalized spacial score (nSPS) is 15.8. The van der Waals surface area contributed by atoms with Gasteiger partial charge in [0.25, 0.3) is 0 Å². The van der Waals surface area contributed by atoms with Crippen LogP contribution in [-0.4, -0.2) is 38.4 Å². The first-order valence-electron chi connectivity index (χ1n) is 6.24. The molecule has 2 heterocycles. The molecular formula is C14H15BrN2O2. The molecule has 1 aromatic carbocycles. The van der Waals surface area contributed by atoms with Crippen molar-refractivity contribution in [2.24, 2.45) is 0 Å². The summed E-state index contributed by atoms with van der Waals surface area (Å²) in [7, 11) is 1.71. The Kier molecular flexibility index (Phi) is 3.57. The molecule has 1 aromatic heterocycles. The standard InChI is InChI=1S/C14H15BrN2O2/c1-18-14-11-8-10(15)2-3-12(11)16-9-13(14)17-4-6-19-7-5-17/h2-3,8-9H,4-7H2,1H3. The van der Waals surface area contributed by atoms with Gasteiger partial charge in [0.05, 0.1) is 37.7 Å². The molecule has 0 bridgehead atoms. The van der Waals surface area contributed by atoms with E-state index in [1.165, 1.54) is 0 Å². The zero-order valence-corrected chi connectivity index (χ0v) is 12.3. The SMILES string of the molecule is COc1c(N2CCOCC2)cnc2ccc(Br)cc12. The summed E-state index contributed by atoms with van der Waals surface area (Å²) in [6, 6.07) is 6.03. The number of nitrogens with zero attached hydrogens (tertiary/aromatic N) is 2. The van der Waals surface area contributed by atoms with Gasteiger partial charge < -0.3 is 14.4 Å². The lowest BCUT2D eigenvalue weighted by molar-refractivity contribution is 0.122. The molecule has 5 heteroatoms. The van der Waals surface area contributed by atoms with E-state index in [0.29, 0.717) is 0 Å². The average Bonchev–Trinajstić information content (AvgIpc) is 2.46. The third kappa shape index (κ3) is 2.40. The van der Waals surface area contributed by atoms with Crippen molar-refractivity contribution in [3.05, 3.63) is 28.9 Å². The Balaban J connectivity index is 2.13. The Morgan fingerprint density at radius 2 is 2.11 bits per heavy atom. The fourth-order valence-corrected chi connectivity index (χ4v) is 2.74. The van der Waals surface area contributed by atoms with Crippen molar-refractivity contribution >= 4 is 32.5 Å². The van der Waals surface area contributed by atoms with Gasteiger partial charge in [0.2, 0.25) is 0 Å². The minimum Gasteiger partial charge on any atom is -0.494 e. The highest BCUT2D eigenvalue weighted by molar-refractivity contribution is 9.10. The molecule has 0 spiro atoms. The first kappa shape index (κ1) is 12.7. The van der Waals surface area contributed by atoms with Crippen LogP contribution < -0.4 is 9.64 Å². The Morgan fingerprint density at radius 1 is 1.32 bits per heavy atom. The average molecular weight is 323 g/mol.